The van der Waals surface area contributed by atoms with Crippen LogP contribution in [-0.2, 0) is 10.0 Å². The Hall–Kier alpha value is -1.51. The lowest BCUT2D eigenvalue weighted by Gasteiger charge is -2.34. The lowest BCUT2D eigenvalue weighted by molar-refractivity contribution is 0.151. The molecule has 2 heterocycles. The highest BCUT2D eigenvalue weighted by Gasteiger charge is 2.30. The fraction of sp³-hybridized carbons (Fsp3) is 0.421. The van der Waals surface area contributed by atoms with Gasteiger partial charge in [-0.15, -0.1) is 0 Å². The molecule has 0 aliphatic carbocycles. The molecule has 0 spiro atoms. The van der Waals surface area contributed by atoms with Gasteiger partial charge in [-0.25, -0.2) is 13.4 Å². The summed E-state index contributed by atoms with van der Waals surface area (Å²) in [4.78, 5) is 6.39. The maximum Gasteiger partial charge on any atom is 0.243 e. The average molecular weight is 410 g/mol. The van der Waals surface area contributed by atoms with Crippen LogP contribution in [0.15, 0.2) is 35.4 Å². The molecule has 0 unspecified atom stereocenters. The van der Waals surface area contributed by atoms with Gasteiger partial charge < -0.3 is 5.11 Å². The molecule has 1 fully saturated rings. The van der Waals surface area contributed by atoms with E-state index in [0.29, 0.717) is 42.8 Å². The molecule has 27 heavy (non-hydrogen) atoms. The number of aromatic nitrogens is 1. The second-order valence-corrected chi connectivity index (χ2v) is 9.06. The minimum atomic E-state index is -3.59. The minimum Gasteiger partial charge on any atom is -0.395 e. The van der Waals surface area contributed by atoms with Crippen molar-refractivity contribution in [2.24, 2.45) is 0 Å². The molecule has 3 rings (SSSR count). The largest absolute Gasteiger partial charge is 0.395 e. The van der Waals surface area contributed by atoms with Crippen molar-refractivity contribution in [2.45, 2.75) is 18.7 Å². The van der Waals surface area contributed by atoms with Crippen LogP contribution in [0, 0.1) is 13.8 Å². The maximum absolute atomic E-state index is 13.3. The van der Waals surface area contributed by atoms with Gasteiger partial charge in [-0.3, -0.25) is 4.90 Å². The summed E-state index contributed by atoms with van der Waals surface area (Å²) in [5, 5.41) is 9.43. The van der Waals surface area contributed by atoms with Crippen LogP contribution in [0.1, 0.15) is 11.1 Å². The number of nitrogens with zero attached hydrogens (tertiary/aromatic N) is 3. The molecule has 2 aromatic rings. The first kappa shape index (κ1) is 20.2. The molecule has 1 aliphatic rings. The van der Waals surface area contributed by atoms with Gasteiger partial charge in [0.2, 0.25) is 10.0 Å². The number of benzene rings is 1. The Balaban J connectivity index is 1.95. The van der Waals surface area contributed by atoms with Gasteiger partial charge in [-0.05, 0) is 54.3 Å². The fourth-order valence-corrected chi connectivity index (χ4v) is 5.29. The van der Waals surface area contributed by atoms with Gasteiger partial charge in [0.1, 0.15) is 5.15 Å². The van der Waals surface area contributed by atoms with E-state index in [2.05, 4.69) is 9.88 Å². The summed E-state index contributed by atoms with van der Waals surface area (Å²) < 4.78 is 28.0. The van der Waals surface area contributed by atoms with Crippen LogP contribution in [0.2, 0.25) is 5.15 Å². The van der Waals surface area contributed by atoms with E-state index < -0.39 is 10.0 Å². The van der Waals surface area contributed by atoms with Crippen LogP contribution < -0.4 is 0 Å². The van der Waals surface area contributed by atoms with E-state index in [4.69, 9.17) is 16.7 Å². The van der Waals surface area contributed by atoms with Crippen molar-refractivity contribution < 1.29 is 13.5 Å². The summed E-state index contributed by atoms with van der Waals surface area (Å²) in [6.45, 7) is 6.53. The summed E-state index contributed by atoms with van der Waals surface area (Å²) >= 11 is 6.01. The predicted octanol–water partition coefficient (Wildman–Crippen LogP) is 2.32. The van der Waals surface area contributed by atoms with Crippen LogP contribution in [0.5, 0.6) is 0 Å². The van der Waals surface area contributed by atoms with Gasteiger partial charge in [-0.2, -0.15) is 4.31 Å². The molecule has 1 aromatic carbocycles. The van der Waals surface area contributed by atoms with E-state index in [1.807, 2.05) is 26.0 Å². The lowest BCUT2D eigenvalue weighted by atomic mass is 10.00. The van der Waals surface area contributed by atoms with Gasteiger partial charge in [0.05, 0.1) is 11.5 Å². The number of halogens is 1. The molecule has 1 saturated heterocycles. The lowest BCUT2D eigenvalue weighted by Crippen LogP contribution is -2.49. The number of pyridine rings is 1. The quantitative estimate of drug-likeness (QED) is 0.767. The summed E-state index contributed by atoms with van der Waals surface area (Å²) in [7, 11) is -3.59. The Morgan fingerprint density at radius 2 is 1.81 bits per heavy atom. The van der Waals surface area contributed by atoms with Gasteiger partial charge in [0, 0.05) is 38.9 Å². The van der Waals surface area contributed by atoms with Crippen molar-refractivity contribution in [1.82, 2.24) is 14.2 Å². The van der Waals surface area contributed by atoms with Gasteiger partial charge in [0.15, 0.2) is 0 Å². The Morgan fingerprint density at radius 1 is 1.11 bits per heavy atom. The number of hydrogen-bond acceptors (Lipinski definition) is 5. The number of piperazine rings is 1. The highest BCUT2D eigenvalue weighted by molar-refractivity contribution is 7.89. The van der Waals surface area contributed by atoms with Crippen LogP contribution in [-0.4, -0.2) is 67.0 Å². The molecule has 146 valence electrons. The van der Waals surface area contributed by atoms with Crippen molar-refractivity contribution >= 4 is 21.6 Å². The first-order valence-corrected chi connectivity index (χ1v) is 10.7. The van der Waals surface area contributed by atoms with E-state index in [9.17, 15) is 8.42 Å². The number of sulfonamides is 1. The van der Waals surface area contributed by atoms with Crippen molar-refractivity contribution in [3.05, 3.63) is 46.7 Å². The Morgan fingerprint density at radius 3 is 2.44 bits per heavy atom. The highest BCUT2D eigenvalue weighted by Crippen LogP contribution is 2.31. The molecule has 0 amide bonds. The van der Waals surface area contributed by atoms with Crippen molar-refractivity contribution in [1.29, 1.82) is 0 Å². The highest BCUT2D eigenvalue weighted by atomic mass is 35.5. The van der Waals surface area contributed by atoms with Crippen LogP contribution >= 0.6 is 11.6 Å². The number of aliphatic hydroxyl groups excluding tert-OH is 1. The molecule has 0 saturated carbocycles. The number of hydrogen-bond donors (Lipinski definition) is 1. The van der Waals surface area contributed by atoms with Crippen molar-refractivity contribution in [3.8, 4) is 11.1 Å². The molecule has 1 N–H and O–H groups in total. The zero-order valence-electron chi connectivity index (χ0n) is 15.5. The zero-order valence-corrected chi connectivity index (χ0v) is 17.1. The van der Waals surface area contributed by atoms with Crippen molar-refractivity contribution in [3.63, 3.8) is 0 Å². The average Bonchev–Trinajstić information content (AvgIpc) is 2.62. The molecule has 1 aromatic heterocycles. The van der Waals surface area contributed by atoms with Crippen LogP contribution in [0.25, 0.3) is 11.1 Å². The number of aliphatic hydroxyl groups is 1. The molecule has 0 radical (unpaired) electrons. The fourth-order valence-electron chi connectivity index (χ4n) is 3.47. The van der Waals surface area contributed by atoms with Crippen LogP contribution in [0.4, 0.5) is 0 Å². The van der Waals surface area contributed by atoms with Crippen molar-refractivity contribution in [2.75, 3.05) is 39.3 Å². The maximum atomic E-state index is 13.3. The van der Waals surface area contributed by atoms with E-state index in [0.717, 1.165) is 22.3 Å². The zero-order chi connectivity index (χ0) is 19.6. The van der Waals surface area contributed by atoms with Gasteiger partial charge in [-0.1, -0.05) is 17.7 Å². The summed E-state index contributed by atoms with van der Waals surface area (Å²) in [6.07, 6.45) is 1.62. The monoisotopic (exact) mass is 409 g/mol. The van der Waals surface area contributed by atoms with Gasteiger partial charge in [0.25, 0.3) is 0 Å². The third-order valence-electron chi connectivity index (χ3n) is 4.92. The van der Waals surface area contributed by atoms with E-state index in [1.54, 1.807) is 18.3 Å². The second-order valence-electron chi connectivity index (χ2n) is 6.77. The third-order valence-corrected chi connectivity index (χ3v) is 7.17. The summed E-state index contributed by atoms with van der Waals surface area (Å²) in [5.74, 6) is 0. The molecular formula is C19H24ClN3O3S. The minimum absolute atomic E-state index is 0.0850. The first-order valence-electron chi connectivity index (χ1n) is 8.89. The molecule has 0 atom stereocenters. The SMILES string of the molecule is Cc1cc(C)c(S(=O)(=O)N2CCN(CCO)CC2)cc1-c1ccnc(Cl)c1. The molecule has 6 nitrogen and oxygen atoms in total. The summed E-state index contributed by atoms with van der Waals surface area (Å²) in [5.41, 5.74) is 3.40. The number of β-amino-alcohol motifs (C(OH)–C–C–N with tert-alkyl or cyclic N) is 1. The predicted molar refractivity (Wildman–Crippen MR) is 106 cm³/mol. The normalized spacial score (nSPS) is 16.6. The second kappa shape index (κ2) is 8.24. The molecule has 0 bridgehead atoms. The van der Waals surface area contributed by atoms with E-state index in [-0.39, 0.29) is 6.61 Å². The molecule has 8 heteroatoms. The first-order chi connectivity index (χ1) is 12.8. The van der Waals surface area contributed by atoms with E-state index in [1.165, 1.54) is 4.31 Å². The molecular weight excluding hydrogens is 386 g/mol. The van der Waals surface area contributed by atoms with Crippen LogP contribution in [0.3, 0.4) is 0 Å². The number of aryl methyl sites for hydroxylation is 2. The third kappa shape index (κ3) is 4.33. The topological polar surface area (TPSA) is 73.7 Å². The standard InChI is InChI=1S/C19H24ClN3O3S/c1-14-11-15(2)18(13-17(14)16-3-4-21-19(20)12-16)27(25,26)23-7-5-22(6-8-23)9-10-24/h3-4,11-13,24H,5-10H2,1-2H3. The molecule has 1 aliphatic heterocycles. The summed E-state index contributed by atoms with van der Waals surface area (Å²) in [6, 6.07) is 7.21. The smallest absolute Gasteiger partial charge is 0.243 e. The Labute approximate surface area is 165 Å². The van der Waals surface area contributed by atoms with Gasteiger partial charge >= 0.3 is 0 Å². The number of rotatable bonds is 5. The van der Waals surface area contributed by atoms with E-state index >= 15 is 0 Å². The Bertz CT molecular complexity index is 926. The Kier molecular flexibility index (Phi) is 6.18.